The van der Waals surface area contributed by atoms with Gasteiger partial charge < -0.3 is 10.2 Å². The maximum atomic E-state index is 13.1. The largest absolute Gasteiger partial charge is 0.351 e. The minimum Gasteiger partial charge on any atom is -0.351 e. The van der Waals surface area contributed by atoms with E-state index in [4.69, 9.17) is 4.98 Å². The number of carbonyl (C=O) groups is 1. The molecule has 0 spiro atoms. The van der Waals surface area contributed by atoms with Crippen molar-refractivity contribution in [1.29, 1.82) is 0 Å². The van der Waals surface area contributed by atoms with Crippen molar-refractivity contribution in [3.8, 4) is 11.1 Å². The van der Waals surface area contributed by atoms with Crippen LogP contribution in [-0.2, 0) is 6.54 Å². The molecule has 1 saturated heterocycles. The van der Waals surface area contributed by atoms with Gasteiger partial charge >= 0.3 is 0 Å². The standard InChI is InChI=1S/C24H29N7O/c1-3-31-15-21(16(2)29-31)23(32)30-12-8-18(9-13-30)22-20(17-6-10-25-11-7-17)14-26-24(28-22)27-19-4-5-19/h6-7,10-11,14-15,18-19H,3-5,8-9,12-13H2,1-2H3,(H,26,27,28). The number of hydrogen-bond acceptors (Lipinski definition) is 6. The summed E-state index contributed by atoms with van der Waals surface area (Å²) >= 11 is 0. The van der Waals surface area contributed by atoms with Crippen molar-refractivity contribution in [2.75, 3.05) is 18.4 Å². The SMILES string of the molecule is CCn1cc(C(=O)N2CCC(c3nc(NC4CC4)ncc3-c3ccncc3)CC2)c(C)n1. The van der Waals surface area contributed by atoms with E-state index in [-0.39, 0.29) is 11.8 Å². The molecule has 1 saturated carbocycles. The van der Waals surface area contributed by atoms with Gasteiger partial charge in [0.1, 0.15) is 0 Å². The number of aromatic nitrogens is 5. The van der Waals surface area contributed by atoms with Gasteiger partial charge in [-0.1, -0.05) is 0 Å². The van der Waals surface area contributed by atoms with Crippen LogP contribution in [0.1, 0.15) is 60.3 Å². The Hall–Kier alpha value is -3.29. The maximum absolute atomic E-state index is 13.1. The molecule has 32 heavy (non-hydrogen) atoms. The van der Waals surface area contributed by atoms with Gasteiger partial charge in [-0.15, -0.1) is 0 Å². The van der Waals surface area contributed by atoms with Gasteiger partial charge in [0, 0.05) is 61.9 Å². The second-order valence-electron chi connectivity index (χ2n) is 8.70. The number of aryl methyl sites for hydroxylation is 2. The highest BCUT2D eigenvalue weighted by molar-refractivity contribution is 5.95. The van der Waals surface area contributed by atoms with E-state index >= 15 is 0 Å². The molecule has 2 fully saturated rings. The normalized spacial score (nSPS) is 16.9. The Kier molecular flexibility index (Phi) is 5.59. The van der Waals surface area contributed by atoms with E-state index in [1.807, 2.05) is 48.0 Å². The van der Waals surface area contributed by atoms with Crippen LogP contribution in [0.4, 0.5) is 5.95 Å². The van der Waals surface area contributed by atoms with Crippen molar-refractivity contribution in [2.45, 2.75) is 58.0 Å². The highest BCUT2D eigenvalue weighted by Crippen LogP contribution is 2.35. The first kappa shape index (κ1) is 20.6. The topological polar surface area (TPSA) is 88.8 Å². The van der Waals surface area contributed by atoms with Gasteiger partial charge in [0.15, 0.2) is 0 Å². The Bertz CT molecular complexity index is 1100. The summed E-state index contributed by atoms with van der Waals surface area (Å²) in [5, 5.41) is 7.86. The lowest BCUT2D eigenvalue weighted by Gasteiger charge is -2.32. The summed E-state index contributed by atoms with van der Waals surface area (Å²) in [6.45, 7) is 6.12. The Morgan fingerprint density at radius 3 is 2.56 bits per heavy atom. The smallest absolute Gasteiger partial charge is 0.257 e. The number of nitrogens with zero attached hydrogens (tertiary/aromatic N) is 6. The lowest BCUT2D eigenvalue weighted by atomic mass is 9.89. The zero-order chi connectivity index (χ0) is 22.1. The van der Waals surface area contributed by atoms with Crippen LogP contribution in [0.15, 0.2) is 36.9 Å². The number of carbonyl (C=O) groups excluding carboxylic acids is 1. The quantitative estimate of drug-likeness (QED) is 0.641. The van der Waals surface area contributed by atoms with Gasteiger partial charge in [-0.3, -0.25) is 14.5 Å². The van der Waals surface area contributed by atoms with E-state index in [1.165, 1.54) is 12.8 Å². The molecular weight excluding hydrogens is 402 g/mol. The lowest BCUT2D eigenvalue weighted by Crippen LogP contribution is -2.38. The number of hydrogen-bond donors (Lipinski definition) is 1. The second-order valence-corrected chi connectivity index (χ2v) is 8.70. The number of pyridine rings is 1. The first-order valence-corrected chi connectivity index (χ1v) is 11.5. The molecule has 5 rings (SSSR count). The van der Waals surface area contributed by atoms with Crippen molar-refractivity contribution in [3.63, 3.8) is 0 Å². The summed E-state index contributed by atoms with van der Waals surface area (Å²) in [6.07, 6.45) is 11.5. The summed E-state index contributed by atoms with van der Waals surface area (Å²) in [4.78, 5) is 28.7. The molecular formula is C24H29N7O. The average molecular weight is 432 g/mol. The fourth-order valence-corrected chi connectivity index (χ4v) is 4.36. The summed E-state index contributed by atoms with van der Waals surface area (Å²) < 4.78 is 1.82. The Morgan fingerprint density at radius 2 is 1.91 bits per heavy atom. The number of likely N-dealkylation sites (tertiary alicyclic amines) is 1. The fourth-order valence-electron chi connectivity index (χ4n) is 4.36. The third-order valence-corrected chi connectivity index (χ3v) is 6.39. The lowest BCUT2D eigenvalue weighted by molar-refractivity contribution is 0.0711. The van der Waals surface area contributed by atoms with Crippen LogP contribution >= 0.6 is 0 Å². The minimum absolute atomic E-state index is 0.0776. The Labute approximate surface area is 188 Å². The van der Waals surface area contributed by atoms with Crippen LogP contribution in [0.25, 0.3) is 11.1 Å². The zero-order valence-corrected chi connectivity index (χ0v) is 18.7. The third kappa shape index (κ3) is 4.22. The highest BCUT2D eigenvalue weighted by Gasteiger charge is 2.29. The fraction of sp³-hybridized carbons (Fsp3) is 0.458. The van der Waals surface area contributed by atoms with Crippen molar-refractivity contribution in [1.82, 2.24) is 29.6 Å². The molecule has 0 unspecified atom stereocenters. The molecule has 8 nitrogen and oxygen atoms in total. The molecule has 2 aliphatic rings. The predicted molar refractivity (Wildman–Crippen MR) is 122 cm³/mol. The molecule has 1 N–H and O–H groups in total. The molecule has 4 heterocycles. The van der Waals surface area contributed by atoms with Crippen LogP contribution in [0.2, 0.25) is 0 Å². The zero-order valence-electron chi connectivity index (χ0n) is 18.7. The van der Waals surface area contributed by atoms with E-state index < -0.39 is 0 Å². The highest BCUT2D eigenvalue weighted by atomic mass is 16.2. The van der Waals surface area contributed by atoms with E-state index in [0.717, 1.165) is 41.9 Å². The van der Waals surface area contributed by atoms with Crippen LogP contribution in [0.5, 0.6) is 0 Å². The van der Waals surface area contributed by atoms with Gasteiger partial charge in [-0.05, 0) is 57.2 Å². The Balaban J connectivity index is 1.36. The van der Waals surface area contributed by atoms with Crippen LogP contribution in [-0.4, -0.2) is 54.7 Å². The molecule has 0 radical (unpaired) electrons. The molecule has 1 amide bonds. The molecule has 0 atom stereocenters. The monoisotopic (exact) mass is 431 g/mol. The second kappa shape index (κ2) is 8.68. The van der Waals surface area contributed by atoms with Crippen LogP contribution in [0.3, 0.4) is 0 Å². The van der Waals surface area contributed by atoms with E-state index in [0.29, 0.717) is 30.6 Å². The van der Waals surface area contributed by atoms with E-state index in [2.05, 4.69) is 20.4 Å². The van der Waals surface area contributed by atoms with Gasteiger partial charge in [0.2, 0.25) is 5.95 Å². The van der Waals surface area contributed by atoms with Gasteiger partial charge in [-0.25, -0.2) is 9.97 Å². The number of anilines is 1. The molecule has 1 aliphatic carbocycles. The first-order chi connectivity index (χ1) is 15.6. The molecule has 8 heteroatoms. The van der Waals surface area contributed by atoms with Gasteiger partial charge in [0.05, 0.1) is 17.0 Å². The van der Waals surface area contributed by atoms with Crippen molar-refractivity contribution < 1.29 is 4.79 Å². The third-order valence-electron chi connectivity index (χ3n) is 6.39. The molecule has 1 aliphatic heterocycles. The first-order valence-electron chi connectivity index (χ1n) is 11.5. The summed E-state index contributed by atoms with van der Waals surface area (Å²) in [6, 6.07) is 4.51. The van der Waals surface area contributed by atoms with E-state index in [1.54, 1.807) is 12.4 Å². The van der Waals surface area contributed by atoms with Crippen LogP contribution in [0, 0.1) is 6.92 Å². The molecule has 166 valence electrons. The maximum Gasteiger partial charge on any atom is 0.257 e. The number of rotatable bonds is 6. The summed E-state index contributed by atoms with van der Waals surface area (Å²) in [7, 11) is 0. The van der Waals surface area contributed by atoms with Crippen molar-refractivity contribution in [2.24, 2.45) is 0 Å². The molecule has 3 aromatic heterocycles. The summed E-state index contributed by atoms with van der Waals surface area (Å²) in [5.74, 6) is 1.07. The van der Waals surface area contributed by atoms with Gasteiger partial charge in [0.25, 0.3) is 5.91 Å². The molecule has 3 aromatic rings. The van der Waals surface area contributed by atoms with Crippen LogP contribution < -0.4 is 5.32 Å². The van der Waals surface area contributed by atoms with Gasteiger partial charge in [-0.2, -0.15) is 5.10 Å². The Morgan fingerprint density at radius 1 is 1.16 bits per heavy atom. The summed E-state index contributed by atoms with van der Waals surface area (Å²) in [5.41, 5.74) is 4.70. The molecule has 0 aromatic carbocycles. The minimum atomic E-state index is 0.0776. The predicted octanol–water partition coefficient (Wildman–Crippen LogP) is 3.66. The van der Waals surface area contributed by atoms with E-state index in [9.17, 15) is 4.79 Å². The van der Waals surface area contributed by atoms with Crippen molar-refractivity contribution >= 4 is 11.9 Å². The molecule has 0 bridgehead atoms. The van der Waals surface area contributed by atoms with Crippen molar-refractivity contribution in [3.05, 3.63) is 53.9 Å². The number of amides is 1. The average Bonchev–Trinajstić information content (AvgIpc) is 3.57. The number of piperidine rings is 1. The number of nitrogens with one attached hydrogen (secondary N) is 1.